The van der Waals surface area contributed by atoms with Crippen molar-refractivity contribution in [3.05, 3.63) is 28.7 Å². The van der Waals surface area contributed by atoms with E-state index in [0.29, 0.717) is 23.2 Å². The fourth-order valence-electron chi connectivity index (χ4n) is 1.45. The fourth-order valence-corrected chi connectivity index (χ4v) is 1.45. The number of aromatic amines is 1. The highest BCUT2D eigenvalue weighted by molar-refractivity contribution is 5.96. The van der Waals surface area contributed by atoms with E-state index in [-0.39, 0.29) is 5.91 Å². The van der Waals surface area contributed by atoms with Gasteiger partial charge in [0, 0.05) is 5.69 Å². The zero-order valence-corrected chi connectivity index (χ0v) is 9.32. The number of aromatic nitrogens is 1. The summed E-state index contributed by atoms with van der Waals surface area (Å²) < 4.78 is 4.85. The van der Waals surface area contributed by atoms with Crippen LogP contribution in [0.15, 0.2) is 27.4 Å². The van der Waals surface area contributed by atoms with Gasteiger partial charge in [-0.3, -0.25) is 9.78 Å². The van der Waals surface area contributed by atoms with Crippen molar-refractivity contribution in [1.82, 2.24) is 4.98 Å². The Balaban J connectivity index is 2.24. The van der Waals surface area contributed by atoms with Crippen molar-refractivity contribution >= 4 is 22.7 Å². The lowest BCUT2D eigenvalue weighted by Gasteiger charge is -2.09. The minimum atomic E-state index is -0.533. The number of H-pyrrole nitrogens is 1. The van der Waals surface area contributed by atoms with Crippen LogP contribution >= 0.6 is 0 Å². The number of nitrogens with one attached hydrogen (secondary N) is 2. The van der Waals surface area contributed by atoms with Gasteiger partial charge in [-0.15, -0.1) is 0 Å². The lowest BCUT2D eigenvalue weighted by atomic mass is 10.2. The van der Waals surface area contributed by atoms with E-state index >= 15 is 0 Å². The van der Waals surface area contributed by atoms with E-state index in [1.165, 1.54) is 0 Å². The summed E-state index contributed by atoms with van der Waals surface area (Å²) in [6.07, 6.45) is 0.566. The topological polar surface area (TPSA) is 101 Å². The monoisotopic (exact) mass is 235 g/mol. The third kappa shape index (κ3) is 2.36. The molecule has 0 bridgehead atoms. The Morgan fingerprint density at radius 1 is 1.59 bits per heavy atom. The quantitative estimate of drug-likeness (QED) is 0.732. The molecule has 1 aromatic heterocycles. The first-order chi connectivity index (χ1) is 8.10. The van der Waals surface area contributed by atoms with Crippen LogP contribution in [0.2, 0.25) is 0 Å². The van der Waals surface area contributed by atoms with Gasteiger partial charge < -0.3 is 15.5 Å². The standard InChI is InChI=1S/C11H13N3O3/c1-2-7(12)10(15)13-6-3-4-9-8(5-6)14-11(16)17-9/h3-5,7H,2,12H2,1H3,(H,13,15)(H,14,16)/t7-/m1/s1. The van der Waals surface area contributed by atoms with E-state index < -0.39 is 11.8 Å². The van der Waals surface area contributed by atoms with Crippen LogP contribution in [0.4, 0.5) is 5.69 Å². The molecule has 0 fully saturated rings. The van der Waals surface area contributed by atoms with Gasteiger partial charge in [-0.1, -0.05) is 6.92 Å². The molecule has 1 atom stereocenters. The van der Waals surface area contributed by atoms with Gasteiger partial charge in [0.15, 0.2) is 5.58 Å². The Kier molecular flexibility index (Phi) is 2.97. The number of carbonyl (C=O) groups excluding carboxylic acids is 1. The van der Waals surface area contributed by atoms with Gasteiger partial charge in [0.25, 0.3) is 0 Å². The summed E-state index contributed by atoms with van der Waals surface area (Å²) in [5, 5.41) is 2.67. The number of fused-ring (bicyclic) bond motifs is 1. The van der Waals surface area contributed by atoms with Gasteiger partial charge in [0.05, 0.1) is 11.6 Å². The van der Waals surface area contributed by atoms with Crippen molar-refractivity contribution in [2.24, 2.45) is 5.73 Å². The van der Waals surface area contributed by atoms with E-state index in [2.05, 4.69) is 10.3 Å². The summed E-state index contributed by atoms with van der Waals surface area (Å²) in [5.41, 5.74) is 7.16. The number of oxazole rings is 1. The molecule has 0 unspecified atom stereocenters. The first-order valence-electron chi connectivity index (χ1n) is 5.29. The van der Waals surface area contributed by atoms with Crippen LogP contribution in [0.5, 0.6) is 0 Å². The maximum absolute atomic E-state index is 11.6. The Labute approximate surface area is 96.8 Å². The van der Waals surface area contributed by atoms with Crippen molar-refractivity contribution in [2.45, 2.75) is 19.4 Å². The maximum Gasteiger partial charge on any atom is 0.417 e. The van der Waals surface area contributed by atoms with Crippen LogP contribution in [-0.4, -0.2) is 16.9 Å². The summed E-state index contributed by atoms with van der Waals surface area (Å²) in [7, 11) is 0. The number of nitrogens with two attached hydrogens (primary N) is 1. The Morgan fingerprint density at radius 3 is 3.06 bits per heavy atom. The predicted molar refractivity (Wildman–Crippen MR) is 63.7 cm³/mol. The van der Waals surface area contributed by atoms with Crippen molar-refractivity contribution in [1.29, 1.82) is 0 Å². The molecular formula is C11H13N3O3. The van der Waals surface area contributed by atoms with Crippen molar-refractivity contribution in [3.63, 3.8) is 0 Å². The molecule has 1 amide bonds. The van der Waals surface area contributed by atoms with Crippen LogP contribution in [0, 0.1) is 0 Å². The van der Waals surface area contributed by atoms with Crippen LogP contribution in [0.1, 0.15) is 13.3 Å². The Morgan fingerprint density at radius 2 is 2.35 bits per heavy atom. The minimum Gasteiger partial charge on any atom is -0.408 e. The van der Waals surface area contributed by atoms with E-state index in [1.54, 1.807) is 18.2 Å². The first-order valence-corrected chi connectivity index (χ1v) is 5.29. The second kappa shape index (κ2) is 4.42. The van der Waals surface area contributed by atoms with Gasteiger partial charge in [-0.05, 0) is 24.6 Å². The molecule has 0 spiro atoms. The average Bonchev–Trinajstić information content (AvgIpc) is 2.67. The molecule has 2 rings (SSSR count). The molecule has 0 saturated heterocycles. The fraction of sp³-hybridized carbons (Fsp3) is 0.273. The zero-order chi connectivity index (χ0) is 12.4. The van der Waals surface area contributed by atoms with Crippen molar-refractivity contribution in [2.75, 3.05) is 5.32 Å². The van der Waals surface area contributed by atoms with Crippen LogP contribution < -0.4 is 16.8 Å². The third-order valence-electron chi connectivity index (χ3n) is 2.46. The molecule has 4 N–H and O–H groups in total. The van der Waals surface area contributed by atoms with E-state index in [4.69, 9.17) is 10.2 Å². The zero-order valence-electron chi connectivity index (χ0n) is 9.32. The first kappa shape index (κ1) is 11.4. The van der Waals surface area contributed by atoms with Gasteiger partial charge in [-0.25, -0.2) is 4.79 Å². The molecule has 1 aromatic carbocycles. The maximum atomic E-state index is 11.6. The van der Waals surface area contributed by atoms with E-state index in [0.717, 1.165) is 0 Å². The molecule has 1 heterocycles. The molecule has 6 nitrogen and oxygen atoms in total. The van der Waals surface area contributed by atoms with Gasteiger partial charge in [-0.2, -0.15) is 0 Å². The summed E-state index contributed by atoms with van der Waals surface area (Å²) >= 11 is 0. The number of hydrogen-bond acceptors (Lipinski definition) is 4. The van der Waals surface area contributed by atoms with Crippen molar-refractivity contribution in [3.8, 4) is 0 Å². The molecule has 6 heteroatoms. The summed E-state index contributed by atoms with van der Waals surface area (Å²) in [5.74, 6) is -0.772. The molecule has 2 aromatic rings. The van der Waals surface area contributed by atoms with Gasteiger partial charge >= 0.3 is 5.76 Å². The largest absolute Gasteiger partial charge is 0.417 e. The predicted octanol–water partition coefficient (Wildman–Crippen LogP) is 0.797. The number of carbonyl (C=O) groups is 1. The van der Waals surface area contributed by atoms with Crippen LogP contribution in [0.3, 0.4) is 0 Å². The second-order valence-corrected chi connectivity index (χ2v) is 3.73. The molecule has 0 saturated carbocycles. The highest BCUT2D eigenvalue weighted by Crippen LogP contribution is 2.16. The van der Waals surface area contributed by atoms with E-state index in [1.807, 2.05) is 6.92 Å². The van der Waals surface area contributed by atoms with Crippen LogP contribution in [-0.2, 0) is 4.79 Å². The van der Waals surface area contributed by atoms with Crippen LogP contribution in [0.25, 0.3) is 11.1 Å². The number of amides is 1. The molecular weight excluding hydrogens is 222 g/mol. The highest BCUT2D eigenvalue weighted by Gasteiger charge is 2.11. The lowest BCUT2D eigenvalue weighted by Crippen LogP contribution is -2.34. The summed E-state index contributed by atoms with van der Waals surface area (Å²) in [6.45, 7) is 1.83. The molecule has 90 valence electrons. The molecule has 17 heavy (non-hydrogen) atoms. The van der Waals surface area contributed by atoms with Gasteiger partial charge in [0.1, 0.15) is 0 Å². The van der Waals surface area contributed by atoms with Gasteiger partial charge in [0.2, 0.25) is 5.91 Å². The average molecular weight is 235 g/mol. The smallest absolute Gasteiger partial charge is 0.408 e. The number of anilines is 1. The number of hydrogen-bond donors (Lipinski definition) is 3. The molecule has 0 aliphatic heterocycles. The Bertz CT molecular complexity index is 599. The van der Waals surface area contributed by atoms with Crippen molar-refractivity contribution < 1.29 is 9.21 Å². The number of rotatable bonds is 3. The molecule has 0 aliphatic rings. The third-order valence-corrected chi connectivity index (χ3v) is 2.46. The SMILES string of the molecule is CC[C@@H](N)C(=O)Nc1ccc2oc(=O)[nH]c2c1. The minimum absolute atomic E-state index is 0.252. The van der Waals surface area contributed by atoms with E-state index in [9.17, 15) is 9.59 Å². The lowest BCUT2D eigenvalue weighted by molar-refractivity contribution is -0.117. The number of benzene rings is 1. The summed E-state index contributed by atoms with van der Waals surface area (Å²) in [6, 6.07) is 4.36. The Hall–Kier alpha value is -2.08. The molecule has 0 aliphatic carbocycles. The summed E-state index contributed by atoms with van der Waals surface area (Å²) in [4.78, 5) is 25.0. The highest BCUT2D eigenvalue weighted by atomic mass is 16.4. The normalized spacial score (nSPS) is 12.6. The molecule has 0 radical (unpaired) electrons. The second-order valence-electron chi connectivity index (χ2n) is 3.73.